The molecule has 0 radical (unpaired) electrons. The number of rotatable bonds is 0. The number of aliphatic hydroxyl groups is 1. The molecule has 0 amide bonds. The van der Waals surface area contributed by atoms with Crippen LogP contribution < -0.4 is 0 Å². The highest BCUT2D eigenvalue weighted by Gasteiger charge is 2.37. The summed E-state index contributed by atoms with van der Waals surface area (Å²) in [6.45, 7) is 3.36. The van der Waals surface area contributed by atoms with Gasteiger partial charge in [0.1, 0.15) is 0 Å². The molecule has 0 aromatic carbocycles. The predicted octanol–water partition coefficient (Wildman–Crippen LogP) is 2.43. The van der Waals surface area contributed by atoms with E-state index in [0.29, 0.717) is 0 Å². The van der Waals surface area contributed by atoms with Gasteiger partial charge in [-0.25, -0.2) is 0 Å². The standard InChI is InChI=1S/C9H11F3O/c1-8(2)4-3-6(5-7(8)13)9(10,11)12/h3-5,7,13H,1-2H3. The second-order valence-electron chi connectivity index (χ2n) is 3.72. The van der Waals surface area contributed by atoms with Gasteiger partial charge in [0.25, 0.3) is 0 Å². The monoisotopic (exact) mass is 192 g/mol. The van der Waals surface area contributed by atoms with Gasteiger partial charge in [-0.2, -0.15) is 13.2 Å². The van der Waals surface area contributed by atoms with Crippen molar-refractivity contribution >= 4 is 0 Å². The molecule has 0 saturated carbocycles. The first-order valence-electron chi connectivity index (χ1n) is 3.90. The Kier molecular flexibility index (Phi) is 2.28. The van der Waals surface area contributed by atoms with Crippen LogP contribution in [-0.4, -0.2) is 17.4 Å². The minimum Gasteiger partial charge on any atom is -0.388 e. The maximum atomic E-state index is 12.1. The zero-order valence-corrected chi connectivity index (χ0v) is 7.39. The number of aliphatic hydroxyl groups excluding tert-OH is 1. The zero-order chi connectivity index (χ0) is 10.3. The minimum atomic E-state index is -4.37. The van der Waals surface area contributed by atoms with Gasteiger partial charge in [-0.3, -0.25) is 0 Å². The molecule has 0 aromatic rings. The second-order valence-corrected chi connectivity index (χ2v) is 3.72. The first kappa shape index (κ1) is 10.3. The van der Waals surface area contributed by atoms with Crippen molar-refractivity contribution in [3.05, 3.63) is 23.8 Å². The Morgan fingerprint density at radius 2 is 1.92 bits per heavy atom. The van der Waals surface area contributed by atoms with Crippen LogP contribution >= 0.6 is 0 Å². The van der Waals surface area contributed by atoms with Crippen LogP contribution in [0, 0.1) is 5.41 Å². The van der Waals surface area contributed by atoms with E-state index in [-0.39, 0.29) is 0 Å². The smallest absolute Gasteiger partial charge is 0.388 e. The van der Waals surface area contributed by atoms with Gasteiger partial charge in [0.2, 0.25) is 0 Å². The quantitative estimate of drug-likeness (QED) is 0.625. The van der Waals surface area contributed by atoms with Gasteiger partial charge in [-0.15, -0.1) is 0 Å². The Balaban J connectivity index is 2.93. The Morgan fingerprint density at radius 3 is 2.31 bits per heavy atom. The molecule has 1 aliphatic rings. The molecule has 0 heterocycles. The van der Waals surface area contributed by atoms with Crippen molar-refractivity contribution in [2.45, 2.75) is 26.1 Å². The predicted molar refractivity (Wildman–Crippen MR) is 43.1 cm³/mol. The third-order valence-electron chi connectivity index (χ3n) is 2.12. The molecule has 0 fully saturated rings. The summed E-state index contributed by atoms with van der Waals surface area (Å²) in [5.41, 5.74) is -1.39. The summed E-state index contributed by atoms with van der Waals surface area (Å²) in [5.74, 6) is 0. The first-order valence-corrected chi connectivity index (χ1v) is 3.90. The Labute approximate surface area is 74.6 Å². The molecule has 0 saturated heterocycles. The molecular weight excluding hydrogens is 181 g/mol. The van der Waals surface area contributed by atoms with Gasteiger partial charge >= 0.3 is 6.18 Å². The first-order chi connectivity index (χ1) is 5.73. The molecule has 4 heteroatoms. The van der Waals surface area contributed by atoms with E-state index in [1.165, 1.54) is 6.08 Å². The van der Waals surface area contributed by atoms with Crippen LogP contribution in [0.2, 0.25) is 0 Å². The minimum absolute atomic E-state index is 0.616. The van der Waals surface area contributed by atoms with E-state index in [4.69, 9.17) is 0 Å². The van der Waals surface area contributed by atoms with E-state index in [1.807, 2.05) is 0 Å². The Bertz CT molecular complexity index is 261. The summed E-state index contributed by atoms with van der Waals surface area (Å²) < 4.78 is 36.4. The van der Waals surface area contributed by atoms with E-state index in [0.717, 1.165) is 12.2 Å². The lowest BCUT2D eigenvalue weighted by Gasteiger charge is -2.29. The molecule has 0 spiro atoms. The van der Waals surface area contributed by atoms with Crippen molar-refractivity contribution in [2.75, 3.05) is 0 Å². The largest absolute Gasteiger partial charge is 0.416 e. The Hall–Kier alpha value is -0.770. The fourth-order valence-electron chi connectivity index (χ4n) is 1.03. The van der Waals surface area contributed by atoms with Crippen LogP contribution in [0.4, 0.5) is 13.2 Å². The van der Waals surface area contributed by atoms with E-state index >= 15 is 0 Å². The van der Waals surface area contributed by atoms with Gasteiger partial charge < -0.3 is 5.11 Å². The van der Waals surface area contributed by atoms with Crippen LogP contribution in [0.5, 0.6) is 0 Å². The van der Waals surface area contributed by atoms with Crippen LogP contribution in [0.3, 0.4) is 0 Å². The normalized spacial score (nSPS) is 27.2. The fourth-order valence-corrected chi connectivity index (χ4v) is 1.03. The number of hydrogen-bond donors (Lipinski definition) is 1. The summed E-state index contributed by atoms with van der Waals surface area (Å²) in [5, 5.41) is 9.34. The molecule has 13 heavy (non-hydrogen) atoms. The lowest BCUT2D eigenvalue weighted by atomic mass is 9.81. The zero-order valence-electron chi connectivity index (χ0n) is 7.39. The number of halogens is 3. The van der Waals surface area contributed by atoms with E-state index < -0.39 is 23.3 Å². The topological polar surface area (TPSA) is 20.2 Å². The van der Waals surface area contributed by atoms with Gasteiger partial charge in [0.15, 0.2) is 0 Å². The van der Waals surface area contributed by atoms with Gasteiger partial charge in [-0.05, 0) is 6.08 Å². The highest BCUT2D eigenvalue weighted by atomic mass is 19.4. The van der Waals surface area contributed by atoms with Crippen LogP contribution in [0.15, 0.2) is 23.8 Å². The van der Waals surface area contributed by atoms with E-state index in [9.17, 15) is 18.3 Å². The van der Waals surface area contributed by atoms with Crippen molar-refractivity contribution in [1.82, 2.24) is 0 Å². The average molecular weight is 192 g/mol. The molecule has 1 aliphatic carbocycles. The van der Waals surface area contributed by atoms with Crippen molar-refractivity contribution < 1.29 is 18.3 Å². The van der Waals surface area contributed by atoms with Crippen molar-refractivity contribution in [1.29, 1.82) is 0 Å². The number of hydrogen-bond acceptors (Lipinski definition) is 1. The lowest BCUT2D eigenvalue weighted by Crippen LogP contribution is -2.30. The van der Waals surface area contributed by atoms with Crippen molar-refractivity contribution in [3.8, 4) is 0 Å². The Morgan fingerprint density at radius 1 is 1.38 bits per heavy atom. The van der Waals surface area contributed by atoms with Crippen LogP contribution in [-0.2, 0) is 0 Å². The highest BCUT2D eigenvalue weighted by molar-refractivity contribution is 5.32. The summed E-state index contributed by atoms with van der Waals surface area (Å²) in [6.07, 6.45) is -2.21. The van der Waals surface area contributed by atoms with Crippen LogP contribution in [0.1, 0.15) is 13.8 Å². The lowest BCUT2D eigenvalue weighted by molar-refractivity contribution is -0.0901. The molecule has 0 aromatic heterocycles. The molecular formula is C9H11F3O. The SMILES string of the molecule is CC1(C)C=CC(C(F)(F)F)=CC1O. The average Bonchev–Trinajstić information content (AvgIpc) is 1.92. The van der Waals surface area contributed by atoms with Crippen molar-refractivity contribution in [2.24, 2.45) is 5.41 Å². The van der Waals surface area contributed by atoms with Gasteiger partial charge in [-0.1, -0.05) is 26.0 Å². The van der Waals surface area contributed by atoms with Crippen LogP contribution in [0.25, 0.3) is 0 Å². The number of alkyl halides is 3. The van der Waals surface area contributed by atoms with E-state index in [1.54, 1.807) is 13.8 Å². The molecule has 1 N–H and O–H groups in total. The van der Waals surface area contributed by atoms with Gasteiger partial charge in [0, 0.05) is 5.41 Å². The molecule has 0 aliphatic heterocycles. The molecule has 74 valence electrons. The third kappa shape index (κ3) is 2.12. The third-order valence-corrected chi connectivity index (χ3v) is 2.12. The summed E-state index contributed by atoms with van der Waals surface area (Å²) >= 11 is 0. The van der Waals surface area contributed by atoms with Gasteiger partial charge in [0.05, 0.1) is 11.7 Å². The summed E-state index contributed by atoms with van der Waals surface area (Å²) in [6, 6.07) is 0. The number of allylic oxidation sites excluding steroid dienone is 2. The molecule has 1 nitrogen and oxygen atoms in total. The van der Waals surface area contributed by atoms with Crippen molar-refractivity contribution in [3.63, 3.8) is 0 Å². The van der Waals surface area contributed by atoms with E-state index in [2.05, 4.69) is 0 Å². The fraction of sp³-hybridized carbons (Fsp3) is 0.556. The highest BCUT2D eigenvalue weighted by Crippen LogP contribution is 2.35. The maximum absolute atomic E-state index is 12.1. The molecule has 0 bridgehead atoms. The molecule has 1 unspecified atom stereocenters. The summed E-state index contributed by atoms with van der Waals surface area (Å²) in [4.78, 5) is 0. The summed E-state index contributed by atoms with van der Waals surface area (Å²) in [7, 11) is 0. The second kappa shape index (κ2) is 2.87. The maximum Gasteiger partial charge on any atom is 0.416 e. The molecule has 1 rings (SSSR count). The molecule has 1 atom stereocenters.